The Bertz CT molecular complexity index is 499. The largest absolute Gasteiger partial charge is 0.352 e. The van der Waals surface area contributed by atoms with Gasteiger partial charge in [-0.1, -0.05) is 19.3 Å². The number of amides is 3. The molecular weight excluding hydrogens is 301 g/mol. The molecule has 0 aromatic heterocycles. The molecule has 2 saturated carbocycles. The van der Waals surface area contributed by atoms with E-state index in [1.807, 2.05) is 0 Å². The average molecular weight is 325 g/mol. The van der Waals surface area contributed by atoms with Gasteiger partial charge in [-0.25, -0.2) is 4.39 Å². The molecule has 1 heterocycles. The van der Waals surface area contributed by atoms with Gasteiger partial charge in [0.2, 0.25) is 11.8 Å². The topological polar surface area (TPSA) is 87.3 Å². The first-order valence-electron chi connectivity index (χ1n) is 8.60. The maximum Gasteiger partial charge on any atom is 0.250 e. The average Bonchev–Trinajstić information content (AvgIpc) is 2.99. The molecule has 2 aliphatic carbocycles. The first kappa shape index (κ1) is 16.2. The van der Waals surface area contributed by atoms with E-state index < -0.39 is 29.8 Å². The van der Waals surface area contributed by atoms with Crippen molar-refractivity contribution < 1.29 is 18.8 Å². The summed E-state index contributed by atoms with van der Waals surface area (Å²) in [5.74, 6) is -2.42. The van der Waals surface area contributed by atoms with Crippen molar-refractivity contribution in [1.29, 1.82) is 0 Å². The highest BCUT2D eigenvalue weighted by atomic mass is 19.1. The van der Waals surface area contributed by atoms with E-state index in [0.717, 1.165) is 32.1 Å². The summed E-state index contributed by atoms with van der Waals surface area (Å²) in [5, 5.41) is 2.89. The Labute approximate surface area is 134 Å². The molecule has 5 atom stereocenters. The number of rotatable bonds is 2. The summed E-state index contributed by atoms with van der Waals surface area (Å²) < 4.78 is 13.7. The Morgan fingerprint density at radius 3 is 2.52 bits per heavy atom. The minimum Gasteiger partial charge on any atom is -0.352 e. The van der Waals surface area contributed by atoms with Crippen molar-refractivity contribution in [1.82, 2.24) is 16.2 Å². The van der Waals surface area contributed by atoms with Crippen LogP contribution in [0.25, 0.3) is 0 Å². The molecule has 5 unspecified atom stereocenters. The minimum atomic E-state index is -1.15. The molecule has 1 saturated heterocycles. The van der Waals surface area contributed by atoms with Gasteiger partial charge in [0.1, 0.15) is 12.1 Å². The summed E-state index contributed by atoms with van der Waals surface area (Å²) in [6.07, 6.45) is 4.93. The molecule has 7 heteroatoms. The molecule has 6 nitrogen and oxygen atoms in total. The normalized spacial score (nSPS) is 36.7. The van der Waals surface area contributed by atoms with E-state index in [0.29, 0.717) is 25.2 Å². The molecule has 3 N–H and O–H groups in total. The molecule has 0 aromatic carbocycles. The third kappa shape index (κ3) is 3.48. The number of halogens is 1. The number of fused-ring (bicyclic) bond motifs is 1. The fourth-order valence-electron chi connectivity index (χ4n) is 4.11. The molecule has 23 heavy (non-hydrogen) atoms. The van der Waals surface area contributed by atoms with Gasteiger partial charge in [0, 0.05) is 6.04 Å². The molecular formula is C16H24FN3O3. The molecule has 3 fully saturated rings. The van der Waals surface area contributed by atoms with E-state index in [9.17, 15) is 18.8 Å². The molecule has 3 amide bonds. The Balaban J connectivity index is 1.50. The van der Waals surface area contributed by atoms with E-state index in [4.69, 9.17) is 0 Å². The van der Waals surface area contributed by atoms with Crippen molar-refractivity contribution in [2.24, 2.45) is 17.8 Å². The Morgan fingerprint density at radius 1 is 1.00 bits per heavy atom. The SMILES string of the molecule is O=C(NNC(=O)C1CCCCC1F)C1CC2CCCC2NC1=O. The number of hydrazine groups is 1. The maximum atomic E-state index is 13.7. The van der Waals surface area contributed by atoms with E-state index >= 15 is 0 Å². The number of piperidine rings is 1. The monoisotopic (exact) mass is 325 g/mol. The first-order valence-corrected chi connectivity index (χ1v) is 8.60. The van der Waals surface area contributed by atoms with Gasteiger partial charge >= 0.3 is 0 Å². The highest BCUT2D eigenvalue weighted by Gasteiger charge is 2.41. The fourth-order valence-corrected chi connectivity index (χ4v) is 4.11. The molecule has 128 valence electrons. The van der Waals surface area contributed by atoms with Crippen molar-refractivity contribution in [2.75, 3.05) is 0 Å². The van der Waals surface area contributed by atoms with Crippen LogP contribution in [0.1, 0.15) is 51.4 Å². The fraction of sp³-hybridized carbons (Fsp3) is 0.812. The lowest BCUT2D eigenvalue weighted by molar-refractivity contribution is -0.142. The maximum absolute atomic E-state index is 13.7. The second-order valence-corrected chi connectivity index (χ2v) is 6.98. The second kappa shape index (κ2) is 6.84. The summed E-state index contributed by atoms with van der Waals surface area (Å²) >= 11 is 0. The predicted molar refractivity (Wildman–Crippen MR) is 80.5 cm³/mol. The summed E-state index contributed by atoms with van der Waals surface area (Å²) in [6, 6.07) is 0.190. The van der Waals surface area contributed by atoms with Gasteiger partial charge in [-0.2, -0.15) is 0 Å². The summed E-state index contributed by atoms with van der Waals surface area (Å²) in [6.45, 7) is 0. The molecule has 0 radical (unpaired) electrons. The van der Waals surface area contributed by atoms with Gasteiger partial charge in [-0.3, -0.25) is 25.2 Å². The number of alkyl halides is 1. The standard InChI is InChI=1S/C16H24FN3O3/c17-12-6-2-1-5-10(12)15(22)19-20-16(23)11-8-9-4-3-7-13(9)18-14(11)21/h9-13H,1-8H2,(H,18,21)(H,19,22)(H,20,23). The van der Waals surface area contributed by atoms with Crippen molar-refractivity contribution >= 4 is 17.7 Å². The number of carbonyl (C=O) groups is 3. The van der Waals surface area contributed by atoms with Gasteiger partial charge in [0.25, 0.3) is 5.91 Å². The quantitative estimate of drug-likeness (QED) is 0.522. The molecule has 0 spiro atoms. The van der Waals surface area contributed by atoms with Crippen LogP contribution in [-0.2, 0) is 14.4 Å². The molecule has 3 rings (SSSR count). The van der Waals surface area contributed by atoms with E-state index in [2.05, 4.69) is 16.2 Å². The third-order valence-electron chi connectivity index (χ3n) is 5.49. The van der Waals surface area contributed by atoms with Crippen LogP contribution in [-0.4, -0.2) is 29.9 Å². The van der Waals surface area contributed by atoms with Crippen molar-refractivity contribution in [3.05, 3.63) is 0 Å². The molecule has 0 bridgehead atoms. The van der Waals surface area contributed by atoms with Crippen molar-refractivity contribution in [3.8, 4) is 0 Å². The molecule has 1 aliphatic heterocycles. The van der Waals surface area contributed by atoms with Crippen LogP contribution in [0, 0.1) is 17.8 Å². The Morgan fingerprint density at radius 2 is 1.74 bits per heavy atom. The van der Waals surface area contributed by atoms with Crippen LogP contribution in [0.5, 0.6) is 0 Å². The smallest absolute Gasteiger partial charge is 0.250 e. The van der Waals surface area contributed by atoms with Gasteiger partial charge in [-0.05, 0) is 38.0 Å². The van der Waals surface area contributed by atoms with E-state index in [1.165, 1.54) is 0 Å². The zero-order valence-electron chi connectivity index (χ0n) is 13.1. The first-order chi connectivity index (χ1) is 11.1. The van der Waals surface area contributed by atoms with Crippen LogP contribution in [0.4, 0.5) is 4.39 Å². The Kier molecular flexibility index (Phi) is 4.82. The second-order valence-electron chi connectivity index (χ2n) is 6.98. The number of carbonyl (C=O) groups excluding carboxylic acids is 3. The van der Waals surface area contributed by atoms with Gasteiger partial charge in [-0.15, -0.1) is 0 Å². The van der Waals surface area contributed by atoms with Crippen LogP contribution >= 0.6 is 0 Å². The predicted octanol–water partition coefficient (Wildman–Crippen LogP) is 0.967. The van der Waals surface area contributed by atoms with Crippen molar-refractivity contribution in [3.63, 3.8) is 0 Å². The van der Waals surface area contributed by atoms with Gasteiger partial charge in [0.05, 0.1) is 5.92 Å². The van der Waals surface area contributed by atoms with Gasteiger partial charge < -0.3 is 5.32 Å². The van der Waals surface area contributed by atoms with Crippen LogP contribution in [0.15, 0.2) is 0 Å². The van der Waals surface area contributed by atoms with Crippen LogP contribution in [0.2, 0.25) is 0 Å². The minimum absolute atomic E-state index is 0.190. The summed E-state index contributed by atoms with van der Waals surface area (Å²) in [5.41, 5.74) is 4.62. The molecule has 3 aliphatic rings. The highest BCUT2D eigenvalue weighted by molar-refractivity contribution is 6.01. The lowest BCUT2D eigenvalue weighted by Gasteiger charge is -2.31. The van der Waals surface area contributed by atoms with E-state index in [1.54, 1.807) is 0 Å². The zero-order valence-corrected chi connectivity index (χ0v) is 13.1. The van der Waals surface area contributed by atoms with Crippen molar-refractivity contribution in [2.45, 2.75) is 63.6 Å². The summed E-state index contributed by atoms with van der Waals surface area (Å²) in [4.78, 5) is 36.2. The molecule has 0 aromatic rings. The number of hydrogen-bond donors (Lipinski definition) is 3. The Hall–Kier alpha value is -1.66. The van der Waals surface area contributed by atoms with E-state index in [-0.39, 0.29) is 11.9 Å². The van der Waals surface area contributed by atoms with Crippen LogP contribution in [0.3, 0.4) is 0 Å². The lowest BCUT2D eigenvalue weighted by atomic mass is 9.85. The third-order valence-corrected chi connectivity index (χ3v) is 5.49. The highest BCUT2D eigenvalue weighted by Crippen LogP contribution is 2.34. The summed E-state index contributed by atoms with van der Waals surface area (Å²) in [7, 11) is 0. The number of hydrogen-bond acceptors (Lipinski definition) is 3. The van der Waals surface area contributed by atoms with Gasteiger partial charge in [0.15, 0.2) is 0 Å². The number of nitrogens with one attached hydrogen (secondary N) is 3. The lowest BCUT2D eigenvalue weighted by Crippen LogP contribution is -2.55. The van der Waals surface area contributed by atoms with Crippen LogP contribution < -0.4 is 16.2 Å². The zero-order chi connectivity index (χ0) is 16.4.